The number of rotatable bonds is 5. The number of hydrogen-bond acceptors (Lipinski definition) is 1. The third-order valence-corrected chi connectivity index (χ3v) is 11.2. The van der Waals surface area contributed by atoms with Gasteiger partial charge in [0.1, 0.15) is 11.2 Å². The summed E-state index contributed by atoms with van der Waals surface area (Å²) in [4.78, 5) is 0. The van der Waals surface area contributed by atoms with E-state index in [0.29, 0.717) is 0 Å². The van der Waals surface area contributed by atoms with Crippen molar-refractivity contribution in [3.8, 4) is 55.6 Å². The SMILES string of the molecule is c1ccc(-c2cccc(-c3cccc(-c4ccc5c(-c6c7ccccc7c(-c7ccc8oc9ccccc9c8c7)c7ccccc67)cccc5c4)c3)c2)cc1. The Morgan fingerprint density at radius 2 is 0.727 bits per heavy atom. The Morgan fingerprint density at radius 3 is 1.40 bits per heavy atom. The molecule has 0 saturated carbocycles. The van der Waals surface area contributed by atoms with E-state index in [2.05, 4.69) is 194 Å². The van der Waals surface area contributed by atoms with Crippen molar-refractivity contribution in [1.29, 1.82) is 0 Å². The van der Waals surface area contributed by atoms with Crippen molar-refractivity contribution in [2.75, 3.05) is 0 Å². The minimum absolute atomic E-state index is 0.911. The Balaban J connectivity index is 1.05. The highest BCUT2D eigenvalue weighted by molar-refractivity contribution is 6.24. The molecule has 1 nitrogen and oxygen atoms in total. The quantitative estimate of drug-likeness (QED) is 0.163. The van der Waals surface area contributed by atoms with Crippen LogP contribution in [-0.4, -0.2) is 0 Å². The zero-order chi connectivity index (χ0) is 36.3. The van der Waals surface area contributed by atoms with Crippen molar-refractivity contribution in [3.63, 3.8) is 0 Å². The summed E-state index contributed by atoms with van der Waals surface area (Å²) >= 11 is 0. The molecule has 1 heterocycles. The monoisotopic (exact) mass is 698 g/mol. The highest BCUT2D eigenvalue weighted by atomic mass is 16.3. The first kappa shape index (κ1) is 31.3. The smallest absolute Gasteiger partial charge is 0.135 e. The zero-order valence-corrected chi connectivity index (χ0v) is 30.0. The van der Waals surface area contributed by atoms with Crippen LogP contribution in [0, 0.1) is 0 Å². The molecule has 55 heavy (non-hydrogen) atoms. The maximum absolute atomic E-state index is 6.22. The minimum Gasteiger partial charge on any atom is -0.456 e. The Kier molecular flexibility index (Phi) is 7.25. The average Bonchev–Trinajstić information content (AvgIpc) is 3.63. The Labute approximate surface area is 319 Å². The molecule has 1 aromatic heterocycles. The fourth-order valence-corrected chi connectivity index (χ4v) is 8.68. The van der Waals surface area contributed by atoms with Crippen molar-refractivity contribution in [2.45, 2.75) is 0 Å². The van der Waals surface area contributed by atoms with Crippen LogP contribution in [-0.2, 0) is 0 Å². The van der Waals surface area contributed by atoms with Gasteiger partial charge in [-0.1, -0.05) is 170 Å². The molecule has 0 saturated heterocycles. The molecule has 0 bridgehead atoms. The van der Waals surface area contributed by atoms with E-state index in [1.807, 2.05) is 12.1 Å². The van der Waals surface area contributed by atoms with Crippen molar-refractivity contribution in [3.05, 3.63) is 206 Å². The molecule has 0 spiro atoms. The first-order valence-corrected chi connectivity index (χ1v) is 18.9. The van der Waals surface area contributed by atoms with Gasteiger partial charge in [-0.3, -0.25) is 0 Å². The Morgan fingerprint density at radius 1 is 0.236 bits per heavy atom. The molecule has 0 unspecified atom stereocenters. The fraction of sp³-hybridized carbons (Fsp3) is 0. The van der Waals surface area contributed by atoms with Gasteiger partial charge in [0.2, 0.25) is 0 Å². The van der Waals surface area contributed by atoms with E-state index >= 15 is 0 Å². The van der Waals surface area contributed by atoms with Crippen LogP contribution in [0.2, 0.25) is 0 Å². The van der Waals surface area contributed by atoms with Crippen molar-refractivity contribution >= 4 is 54.3 Å². The summed E-state index contributed by atoms with van der Waals surface area (Å²) in [7, 11) is 0. The Bertz CT molecular complexity index is 3200. The van der Waals surface area contributed by atoms with Crippen LogP contribution in [0.5, 0.6) is 0 Å². The summed E-state index contributed by atoms with van der Waals surface area (Å²) in [5.74, 6) is 0. The normalized spacial score (nSPS) is 11.6. The second-order valence-electron chi connectivity index (χ2n) is 14.4. The number of para-hydroxylation sites is 1. The molecule has 0 amide bonds. The van der Waals surface area contributed by atoms with Crippen LogP contribution in [0.15, 0.2) is 211 Å². The molecule has 256 valence electrons. The summed E-state index contributed by atoms with van der Waals surface area (Å²) in [6.45, 7) is 0. The Hall–Kier alpha value is -7.22. The van der Waals surface area contributed by atoms with E-state index < -0.39 is 0 Å². The van der Waals surface area contributed by atoms with Gasteiger partial charge in [0.25, 0.3) is 0 Å². The number of benzene rings is 10. The molecule has 10 aromatic carbocycles. The molecule has 0 atom stereocenters. The average molecular weight is 699 g/mol. The fourth-order valence-electron chi connectivity index (χ4n) is 8.68. The third-order valence-electron chi connectivity index (χ3n) is 11.2. The van der Waals surface area contributed by atoms with E-state index in [1.165, 1.54) is 88.0 Å². The van der Waals surface area contributed by atoms with Crippen LogP contribution in [0.4, 0.5) is 0 Å². The summed E-state index contributed by atoms with van der Waals surface area (Å²) in [5.41, 5.74) is 14.1. The predicted octanol–water partition coefficient (Wildman–Crippen LogP) is 15.4. The first-order valence-electron chi connectivity index (χ1n) is 18.9. The molecule has 0 aliphatic rings. The maximum atomic E-state index is 6.22. The van der Waals surface area contributed by atoms with Gasteiger partial charge in [0.05, 0.1) is 0 Å². The van der Waals surface area contributed by atoms with Crippen LogP contribution < -0.4 is 0 Å². The van der Waals surface area contributed by atoms with E-state index in [-0.39, 0.29) is 0 Å². The lowest BCUT2D eigenvalue weighted by Gasteiger charge is -2.19. The molecular weight excluding hydrogens is 665 g/mol. The van der Waals surface area contributed by atoms with Crippen LogP contribution in [0.3, 0.4) is 0 Å². The molecule has 0 aliphatic heterocycles. The van der Waals surface area contributed by atoms with Gasteiger partial charge in [-0.05, 0) is 124 Å². The summed E-state index contributed by atoms with van der Waals surface area (Å²) in [6.07, 6.45) is 0. The van der Waals surface area contributed by atoms with Gasteiger partial charge in [-0.25, -0.2) is 0 Å². The minimum atomic E-state index is 0.911. The second kappa shape index (κ2) is 12.7. The van der Waals surface area contributed by atoms with E-state index in [9.17, 15) is 0 Å². The highest BCUT2D eigenvalue weighted by Crippen LogP contribution is 2.46. The lowest BCUT2D eigenvalue weighted by Crippen LogP contribution is -1.92. The molecule has 0 aliphatic carbocycles. The molecule has 0 N–H and O–H groups in total. The molecular formula is C54H34O. The predicted molar refractivity (Wildman–Crippen MR) is 233 cm³/mol. The largest absolute Gasteiger partial charge is 0.456 e. The molecule has 0 fully saturated rings. The van der Waals surface area contributed by atoms with Gasteiger partial charge in [-0.15, -0.1) is 0 Å². The topological polar surface area (TPSA) is 13.1 Å². The second-order valence-corrected chi connectivity index (χ2v) is 14.4. The van der Waals surface area contributed by atoms with Crippen LogP contribution >= 0.6 is 0 Å². The summed E-state index contributed by atoms with van der Waals surface area (Å²) in [6, 6.07) is 74.8. The first-order chi connectivity index (χ1) is 27.3. The van der Waals surface area contributed by atoms with E-state index in [4.69, 9.17) is 4.42 Å². The van der Waals surface area contributed by atoms with Crippen molar-refractivity contribution in [2.24, 2.45) is 0 Å². The number of fused-ring (bicyclic) bond motifs is 6. The van der Waals surface area contributed by atoms with Crippen molar-refractivity contribution in [1.82, 2.24) is 0 Å². The van der Waals surface area contributed by atoms with E-state index in [1.54, 1.807) is 0 Å². The standard InChI is InChI=1S/C54H34O/c1-2-13-35(14-3-1)36-15-10-16-37(31-36)38-17-11-18-39(32-38)40-27-29-43-41(33-40)19-12-25-45(43)54-48-23-6-4-21-46(48)53(47-22-5-7-24-49(47)54)42-28-30-52-50(34-42)44-20-8-9-26-51(44)55-52/h1-34H. The van der Waals surface area contributed by atoms with Crippen LogP contribution in [0.1, 0.15) is 0 Å². The molecule has 1 heteroatoms. The molecule has 11 rings (SSSR count). The van der Waals surface area contributed by atoms with Gasteiger partial charge in [0, 0.05) is 10.8 Å². The van der Waals surface area contributed by atoms with Gasteiger partial charge >= 0.3 is 0 Å². The zero-order valence-electron chi connectivity index (χ0n) is 30.0. The van der Waals surface area contributed by atoms with Gasteiger partial charge < -0.3 is 4.42 Å². The summed E-state index contributed by atoms with van der Waals surface area (Å²) in [5, 5.41) is 9.72. The van der Waals surface area contributed by atoms with Gasteiger partial charge in [0.15, 0.2) is 0 Å². The third kappa shape index (κ3) is 5.24. The maximum Gasteiger partial charge on any atom is 0.135 e. The highest BCUT2D eigenvalue weighted by Gasteiger charge is 2.19. The lowest BCUT2D eigenvalue weighted by molar-refractivity contribution is 0.669. The molecule has 0 radical (unpaired) electrons. The number of furan rings is 1. The van der Waals surface area contributed by atoms with Crippen LogP contribution in [0.25, 0.3) is 110 Å². The van der Waals surface area contributed by atoms with Gasteiger partial charge in [-0.2, -0.15) is 0 Å². The summed E-state index contributed by atoms with van der Waals surface area (Å²) < 4.78 is 6.22. The van der Waals surface area contributed by atoms with E-state index in [0.717, 1.165) is 21.9 Å². The van der Waals surface area contributed by atoms with Crippen molar-refractivity contribution < 1.29 is 4.42 Å². The lowest BCUT2D eigenvalue weighted by atomic mass is 9.84. The number of hydrogen-bond donors (Lipinski definition) is 0. The molecule has 11 aromatic rings.